The Morgan fingerprint density at radius 2 is 2.31 bits per heavy atom. The number of rotatable bonds is 8. The van der Waals surface area contributed by atoms with Gasteiger partial charge in [-0.15, -0.1) is 0 Å². The number of hydrogen-bond donors (Lipinski definition) is 1. The van der Waals surface area contributed by atoms with Gasteiger partial charge in [0.2, 0.25) is 17.7 Å². The molecule has 140 valence electrons. The SMILES string of the molecule is CC(C)c1noc(CCCNC(=O)C2CC(=O)N(Cc3ccco3)C2)n1. The van der Waals surface area contributed by atoms with Crippen LogP contribution in [0.4, 0.5) is 0 Å². The molecular formula is C18H24N4O4. The average molecular weight is 360 g/mol. The molecule has 3 heterocycles. The number of hydrogen-bond acceptors (Lipinski definition) is 6. The molecule has 0 aromatic carbocycles. The molecule has 8 nitrogen and oxygen atoms in total. The summed E-state index contributed by atoms with van der Waals surface area (Å²) in [5.41, 5.74) is 0. The van der Waals surface area contributed by atoms with Crippen LogP contribution in [0, 0.1) is 5.92 Å². The summed E-state index contributed by atoms with van der Waals surface area (Å²) in [6, 6.07) is 3.61. The summed E-state index contributed by atoms with van der Waals surface area (Å²) in [5, 5.41) is 6.81. The molecule has 2 aromatic rings. The number of amides is 2. The Morgan fingerprint density at radius 3 is 3.00 bits per heavy atom. The highest BCUT2D eigenvalue weighted by atomic mass is 16.5. The van der Waals surface area contributed by atoms with E-state index in [4.69, 9.17) is 8.94 Å². The Hall–Kier alpha value is -2.64. The summed E-state index contributed by atoms with van der Waals surface area (Å²) >= 11 is 0. The first kappa shape index (κ1) is 18.2. The van der Waals surface area contributed by atoms with Crippen LogP contribution in [0.1, 0.15) is 50.1 Å². The third kappa shape index (κ3) is 4.50. The average Bonchev–Trinajstić information content (AvgIpc) is 3.34. The fourth-order valence-electron chi connectivity index (χ4n) is 2.89. The number of nitrogens with zero attached hydrogens (tertiary/aromatic N) is 3. The van der Waals surface area contributed by atoms with E-state index in [0.717, 1.165) is 5.76 Å². The molecule has 0 aliphatic carbocycles. The highest BCUT2D eigenvalue weighted by Crippen LogP contribution is 2.20. The van der Waals surface area contributed by atoms with Crippen molar-refractivity contribution in [3.63, 3.8) is 0 Å². The highest BCUT2D eigenvalue weighted by molar-refractivity contribution is 5.89. The van der Waals surface area contributed by atoms with Gasteiger partial charge in [0.25, 0.3) is 0 Å². The number of furan rings is 1. The predicted molar refractivity (Wildman–Crippen MR) is 91.9 cm³/mol. The fourth-order valence-corrected chi connectivity index (χ4v) is 2.89. The van der Waals surface area contributed by atoms with E-state index >= 15 is 0 Å². The molecule has 26 heavy (non-hydrogen) atoms. The fraction of sp³-hybridized carbons (Fsp3) is 0.556. The normalized spacial score (nSPS) is 17.3. The maximum Gasteiger partial charge on any atom is 0.226 e. The summed E-state index contributed by atoms with van der Waals surface area (Å²) in [6.07, 6.45) is 3.15. The molecule has 2 amide bonds. The Morgan fingerprint density at radius 1 is 1.46 bits per heavy atom. The Labute approximate surface area is 151 Å². The number of likely N-dealkylation sites (tertiary alicyclic amines) is 1. The van der Waals surface area contributed by atoms with Crippen molar-refractivity contribution < 1.29 is 18.5 Å². The minimum absolute atomic E-state index is 0.0198. The van der Waals surface area contributed by atoms with E-state index in [1.54, 1.807) is 17.2 Å². The molecular weight excluding hydrogens is 336 g/mol. The van der Waals surface area contributed by atoms with E-state index in [1.807, 2.05) is 19.9 Å². The van der Waals surface area contributed by atoms with Gasteiger partial charge >= 0.3 is 0 Å². The van der Waals surface area contributed by atoms with Gasteiger partial charge in [-0.2, -0.15) is 4.98 Å². The summed E-state index contributed by atoms with van der Waals surface area (Å²) in [7, 11) is 0. The Balaban J connectivity index is 1.38. The predicted octanol–water partition coefficient (Wildman–Crippen LogP) is 1.88. The van der Waals surface area contributed by atoms with E-state index in [1.165, 1.54) is 0 Å². The number of carbonyl (C=O) groups excluding carboxylic acids is 2. The second-order valence-electron chi connectivity index (χ2n) is 6.85. The molecule has 2 aromatic heterocycles. The minimum Gasteiger partial charge on any atom is -0.467 e. The summed E-state index contributed by atoms with van der Waals surface area (Å²) in [4.78, 5) is 30.3. The molecule has 3 rings (SSSR count). The Bertz CT molecular complexity index is 738. The van der Waals surface area contributed by atoms with Crippen LogP contribution in [0.15, 0.2) is 27.3 Å². The van der Waals surface area contributed by atoms with Crippen molar-refractivity contribution in [1.82, 2.24) is 20.4 Å². The Kier molecular flexibility index (Phi) is 5.70. The van der Waals surface area contributed by atoms with E-state index in [2.05, 4.69) is 15.5 Å². The molecule has 8 heteroatoms. The van der Waals surface area contributed by atoms with Crippen molar-refractivity contribution in [1.29, 1.82) is 0 Å². The van der Waals surface area contributed by atoms with Crippen molar-refractivity contribution in [3.05, 3.63) is 35.9 Å². The molecule has 0 saturated carbocycles. The third-order valence-corrected chi connectivity index (χ3v) is 4.38. The number of carbonyl (C=O) groups is 2. The summed E-state index contributed by atoms with van der Waals surface area (Å²) in [5.74, 6) is 1.82. The first-order valence-corrected chi connectivity index (χ1v) is 8.93. The zero-order valence-corrected chi connectivity index (χ0v) is 15.1. The van der Waals surface area contributed by atoms with E-state index in [-0.39, 0.29) is 30.1 Å². The molecule has 1 atom stereocenters. The van der Waals surface area contributed by atoms with Crippen LogP contribution < -0.4 is 5.32 Å². The topological polar surface area (TPSA) is 101 Å². The second kappa shape index (κ2) is 8.16. The lowest BCUT2D eigenvalue weighted by Gasteiger charge is -2.15. The zero-order valence-electron chi connectivity index (χ0n) is 15.1. The lowest BCUT2D eigenvalue weighted by atomic mass is 10.1. The van der Waals surface area contributed by atoms with Gasteiger partial charge in [0.1, 0.15) is 5.76 Å². The van der Waals surface area contributed by atoms with Crippen LogP contribution in [0.2, 0.25) is 0 Å². The first-order chi connectivity index (χ1) is 12.5. The largest absolute Gasteiger partial charge is 0.467 e. The summed E-state index contributed by atoms with van der Waals surface area (Å²) < 4.78 is 10.4. The minimum atomic E-state index is -0.312. The number of nitrogens with one attached hydrogen (secondary N) is 1. The molecule has 1 saturated heterocycles. The van der Waals surface area contributed by atoms with Crippen molar-refractivity contribution in [2.24, 2.45) is 5.92 Å². The van der Waals surface area contributed by atoms with Crippen LogP contribution in [0.3, 0.4) is 0 Å². The van der Waals surface area contributed by atoms with Gasteiger partial charge in [-0.1, -0.05) is 19.0 Å². The van der Waals surface area contributed by atoms with E-state index in [9.17, 15) is 9.59 Å². The van der Waals surface area contributed by atoms with Gasteiger partial charge in [0.15, 0.2) is 5.82 Å². The van der Waals surface area contributed by atoms with E-state index in [0.29, 0.717) is 44.2 Å². The lowest BCUT2D eigenvalue weighted by Crippen LogP contribution is -2.33. The number of aromatic nitrogens is 2. The van der Waals surface area contributed by atoms with Crippen LogP contribution >= 0.6 is 0 Å². The molecule has 0 radical (unpaired) electrons. The maximum atomic E-state index is 12.3. The standard InChI is InChI=1S/C18H24N4O4/c1-12(2)17-20-15(26-21-17)6-3-7-19-18(24)13-9-16(23)22(10-13)11-14-5-4-8-25-14/h4-5,8,12-13H,3,6-7,9-11H2,1-2H3,(H,19,24). The van der Waals surface area contributed by atoms with Gasteiger partial charge in [-0.25, -0.2) is 0 Å². The second-order valence-corrected chi connectivity index (χ2v) is 6.85. The van der Waals surface area contributed by atoms with Crippen LogP contribution in [-0.4, -0.2) is 39.9 Å². The van der Waals surface area contributed by atoms with Crippen LogP contribution in [0.5, 0.6) is 0 Å². The van der Waals surface area contributed by atoms with Crippen molar-refractivity contribution in [2.45, 2.75) is 45.6 Å². The van der Waals surface area contributed by atoms with Crippen molar-refractivity contribution in [3.8, 4) is 0 Å². The van der Waals surface area contributed by atoms with Crippen molar-refractivity contribution in [2.75, 3.05) is 13.1 Å². The molecule has 1 aliphatic rings. The van der Waals surface area contributed by atoms with Crippen LogP contribution in [0.25, 0.3) is 0 Å². The lowest BCUT2D eigenvalue weighted by molar-refractivity contribution is -0.129. The highest BCUT2D eigenvalue weighted by Gasteiger charge is 2.34. The quantitative estimate of drug-likeness (QED) is 0.721. The smallest absolute Gasteiger partial charge is 0.226 e. The first-order valence-electron chi connectivity index (χ1n) is 8.93. The van der Waals surface area contributed by atoms with Gasteiger partial charge in [0.05, 0.1) is 18.7 Å². The molecule has 0 bridgehead atoms. The molecule has 0 spiro atoms. The number of aryl methyl sites for hydroxylation is 1. The zero-order chi connectivity index (χ0) is 18.5. The van der Waals surface area contributed by atoms with Gasteiger partial charge in [0, 0.05) is 31.8 Å². The molecule has 1 unspecified atom stereocenters. The third-order valence-electron chi connectivity index (χ3n) is 4.38. The molecule has 1 aliphatic heterocycles. The van der Waals surface area contributed by atoms with Gasteiger partial charge in [-0.3, -0.25) is 9.59 Å². The van der Waals surface area contributed by atoms with Crippen molar-refractivity contribution >= 4 is 11.8 Å². The molecule has 1 fully saturated rings. The summed E-state index contributed by atoms with van der Waals surface area (Å²) in [6.45, 7) is 5.36. The van der Waals surface area contributed by atoms with Gasteiger partial charge < -0.3 is 19.2 Å². The molecule has 1 N–H and O–H groups in total. The monoisotopic (exact) mass is 360 g/mol. The van der Waals surface area contributed by atoms with E-state index < -0.39 is 0 Å². The van der Waals surface area contributed by atoms with Crippen LogP contribution in [-0.2, 0) is 22.6 Å². The maximum absolute atomic E-state index is 12.3. The van der Waals surface area contributed by atoms with Gasteiger partial charge in [-0.05, 0) is 18.6 Å².